The van der Waals surface area contributed by atoms with Crippen molar-refractivity contribution in [2.24, 2.45) is 0 Å². The van der Waals surface area contributed by atoms with Crippen molar-refractivity contribution >= 4 is 5.91 Å². The molecule has 0 N–H and O–H groups in total. The SMILES string of the molecule is CN(C(=O)c1cncnc1)[C@@H]1CCC[C@H]1F. The fraction of sp³-hybridized carbons (Fsp3) is 0.545. The molecule has 0 saturated heterocycles. The zero-order valence-corrected chi connectivity index (χ0v) is 9.14. The minimum absolute atomic E-state index is 0.213. The second-order valence-electron chi connectivity index (χ2n) is 4.06. The van der Waals surface area contributed by atoms with Gasteiger partial charge < -0.3 is 4.90 Å². The van der Waals surface area contributed by atoms with Crippen molar-refractivity contribution in [2.75, 3.05) is 7.05 Å². The van der Waals surface area contributed by atoms with E-state index in [4.69, 9.17) is 0 Å². The molecule has 0 bridgehead atoms. The summed E-state index contributed by atoms with van der Waals surface area (Å²) < 4.78 is 13.5. The summed E-state index contributed by atoms with van der Waals surface area (Å²) in [5, 5.41) is 0. The van der Waals surface area contributed by atoms with E-state index in [0.717, 1.165) is 12.8 Å². The fourth-order valence-electron chi connectivity index (χ4n) is 2.10. The Bertz CT molecular complexity index is 371. The molecule has 1 heterocycles. The molecule has 1 aromatic rings. The summed E-state index contributed by atoms with van der Waals surface area (Å²) >= 11 is 0. The van der Waals surface area contributed by atoms with Crippen LogP contribution in [0.15, 0.2) is 18.7 Å². The van der Waals surface area contributed by atoms with Crippen molar-refractivity contribution in [3.05, 3.63) is 24.3 Å². The summed E-state index contributed by atoms with van der Waals surface area (Å²) in [4.78, 5) is 21.0. The van der Waals surface area contributed by atoms with Gasteiger partial charge in [0, 0.05) is 19.4 Å². The van der Waals surface area contributed by atoms with Crippen molar-refractivity contribution in [3.63, 3.8) is 0 Å². The summed E-state index contributed by atoms with van der Waals surface area (Å²) in [6, 6.07) is -0.298. The molecule has 4 nitrogen and oxygen atoms in total. The number of amides is 1. The predicted molar refractivity (Wildman–Crippen MR) is 56.7 cm³/mol. The van der Waals surface area contributed by atoms with Gasteiger partial charge in [0.15, 0.2) is 0 Å². The third kappa shape index (κ3) is 2.03. The van der Waals surface area contributed by atoms with Crippen LogP contribution in [-0.4, -0.2) is 40.0 Å². The molecule has 86 valence electrons. The summed E-state index contributed by atoms with van der Waals surface area (Å²) in [5.41, 5.74) is 0.407. The Morgan fingerprint density at radius 1 is 1.44 bits per heavy atom. The third-order valence-electron chi connectivity index (χ3n) is 3.02. The van der Waals surface area contributed by atoms with E-state index in [0.29, 0.717) is 12.0 Å². The Morgan fingerprint density at radius 2 is 2.12 bits per heavy atom. The standard InChI is InChI=1S/C11H14FN3O/c1-15(10-4-2-3-9(10)12)11(16)8-5-13-7-14-6-8/h5-7,9-10H,2-4H2,1H3/t9-,10-/m1/s1. The molecule has 0 unspecified atom stereocenters. The minimum atomic E-state index is -0.904. The van der Waals surface area contributed by atoms with E-state index >= 15 is 0 Å². The van der Waals surface area contributed by atoms with Crippen LogP contribution in [0.1, 0.15) is 29.6 Å². The number of aromatic nitrogens is 2. The number of hydrogen-bond acceptors (Lipinski definition) is 3. The van der Waals surface area contributed by atoms with Crippen LogP contribution >= 0.6 is 0 Å². The van der Waals surface area contributed by atoms with Gasteiger partial charge in [0.25, 0.3) is 5.91 Å². The highest BCUT2D eigenvalue weighted by atomic mass is 19.1. The lowest BCUT2D eigenvalue weighted by Crippen LogP contribution is -2.40. The lowest BCUT2D eigenvalue weighted by molar-refractivity contribution is 0.0666. The van der Waals surface area contributed by atoms with Crippen LogP contribution in [0.5, 0.6) is 0 Å². The van der Waals surface area contributed by atoms with Crippen LogP contribution in [0.2, 0.25) is 0 Å². The molecule has 0 spiro atoms. The maximum Gasteiger partial charge on any atom is 0.257 e. The van der Waals surface area contributed by atoms with Crippen LogP contribution < -0.4 is 0 Å². The van der Waals surface area contributed by atoms with Crippen molar-refractivity contribution in [1.82, 2.24) is 14.9 Å². The Hall–Kier alpha value is -1.52. The van der Waals surface area contributed by atoms with Crippen LogP contribution in [0.25, 0.3) is 0 Å². The van der Waals surface area contributed by atoms with E-state index in [1.807, 2.05) is 0 Å². The maximum atomic E-state index is 13.5. The highest BCUT2D eigenvalue weighted by Crippen LogP contribution is 2.26. The lowest BCUT2D eigenvalue weighted by atomic mass is 10.2. The van der Waals surface area contributed by atoms with Gasteiger partial charge in [0.1, 0.15) is 12.5 Å². The van der Waals surface area contributed by atoms with Crippen LogP contribution in [0.3, 0.4) is 0 Å². The number of nitrogens with zero attached hydrogens (tertiary/aromatic N) is 3. The lowest BCUT2D eigenvalue weighted by Gasteiger charge is -2.25. The molecule has 0 aromatic carbocycles. The Morgan fingerprint density at radius 3 is 2.69 bits per heavy atom. The molecule has 1 aliphatic rings. The summed E-state index contributed by atoms with van der Waals surface area (Å²) in [6.07, 6.45) is 5.49. The first kappa shape index (κ1) is 11.0. The van der Waals surface area contributed by atoms with Crippen LogP contribution in [-0.2, 0) is 0 Å². The van der Waals surface area contributed by atoms with E-state index in [9.17, 15) is 9.18 Å². The Balaban J connectivity index is 2.10. The van der Waals surface area contributed by atoms with Gasteiger partial charge in [-0.1, -0.05) is 0 Å². The maximum absolute atomic E-state index is 13.5. The molecule has 2 atom stereocenters. The first-order valence-electron chi connectivity index (χ1n) is 5.36. The summed E-state index contributed by atoms with van der Waals surface area (Å²) in [7, 11) is 1.64. The van der Waals surface area contributed by atoms with E-state index < -0.39 is 6.17 Å². The molecular formula is C11H14FN3O. The molecule has 5 heteroatoms. The van der Waals surface area contributed by atoms with Gasteiger partial charge >= 0.3 is 0 Å². The van der Waals surface area contributed by atoms with Crippen molar-refractivity contribution in [1.29, 1.82) is 0 Å². The highest BCUT2D eigenvalue weighted by Gasteiger charge is 2.33. The van der Waals surface area contributed by atoms with E-state index in [-0.39, 0.29) is 11.9 Å². The van der Waals surface area contributed by atoms with Crippen molar-refractivity contribution in [2.45, 2.75) is 31.5 Å². The van der Waals surface area contributed by atoms with Gasteiger partial charge in [0.05, 0.1) is 11.6 Å². The fourth-order valence-corrected chi connectivity index (χ4v) is 2.10. The molecule has 1 amide bonds. The van der Waals surface area contributed by atoms with Crippen molar-refractivity contribution < 1.29 is 9.18 Å². The van der Waals surface area contributed by atoms with E-state index in [2.05, 4.69) is 9.97 Å². The van der Waals surface area contributed by atoms with Gasteiger partial charge in [-0.25, -0.2) is 14.4 Å². The number of halogens is 1. The average Bonchev–Trinajstić information content (AvgIpc) is 2.75. The monoisotopic (exact) mass is 223 g/mol. The largest absolute Gasteiger partial charge is 0.336 e. The molecule has 1 aromatic heterocycles. The van der Waals surface area contributed by atoms with E-state index in [1.165, 1.54) is 23.6 Å². The van der Waals surface area contributed by atoms with Gasteiger partial charge in [-0.2, -0.15) is 0 Å². The topological polar surface area (TPSA) is 46.1 Å². The Labute approximate surface area is 93.5 Å². The zero-order valence-electron chi connectivity index (χ0n) is 9.14. The van der Waals surface area contributed by atoms with Gasteiger partial charge in [-0.3, -0.25) is 4.79 Å². The molecule has 1 fully saturated rings. The first-order chi connectivity index (χ1) is 7.70. The molecule has 1 aliphatic carbocycles. The molecule has 0 aliphatic heterocycles. The third-order valence-corrected chi connectivity index (χ3v) is 3.02. The number of carbonyl (C=O) groups excluding carboxylic acids is 1. The minimum Gasteiger partial charge on any atom is -0.336 e. The molecular weight excluding hydrogens is 209 g/mol. The number of carbonyl (C=O) groups is 1. The molecule has 2 rings (SSSR count). The number of rotatable bonds is 2. The average molecular weight is 223 g/mol. The van der Waals surface area contributed by atoms with Crippen molar-refractivity contribution in [3.8, 4) is 0 Å². The molecule has 16 heavy (non-hydrogen) atoms. The second kappa shape index (κ2) is 4.55. The van der Waals surface area contributed by atoms with Crippen LogP contribution in [0.4, 0.5) is 4.39 Å². The van der Waals surface area contributed by atoms with Gasteiger partial charge in [-0.15, -0.1) is 0 Å². The normalized spacial score (nSPS) is 24.4. The van der Waals surface area contributed by atoms with Crippen LogP contribution in [0, 0.1) is 0 Å². The smallest absolute Gasteiger partial charge is 0.257 e. The highest BCUT2D eigenvalue weighted by molar-refractivity contribution is 5.93. The summed E-state index contributed by atoms with van der Waals surface area (Å²) in [5.74, 6) is -0.213. The quantitative estimate of drug-likeness (QED) is 0.762. The first-order valence-corrected chi connectivity index (χ1v) is 5.36. The number of alkyl halides is 1. The Kier molecular flexibility index (Phi) is 3.12. The van der Waals surface area contributed by atoms with E-state index in [1.54, 1.807) is 7.05 Å². The number of hydrogen-bond donors (Lipinski definition) is 0. The predicted octanol–water partition coefficient (Wildman–Crippen LogP) is 1.44. The zero-order chi connectivity index (χ0) is 11.5. The van der Waals surface area contributed by atoms with Gasteiger partial charge in [0.2, 0.25) is 0 Å². The van der Waals surface area contributed by atoms with Gasteiger partial charge in [-0.05, 0) is 19.3 Å². The summed E-state index contributed by atoms with van der Waals surface area (Å²) in [6.45, 7) is 0. The molecule has 0 radical (unpaired) electrons. The second-order valence-corrected chi connectivity index (χ2v) is 4.06. The molecule has 1 saturated carbocycles.